The molecule has 0 aliphatic carbocycles. The SMILES string of the molecule is CCc1ccc(N2CCN(CCCS(N)(=O)=O)CC2)cc1. The minimum absolute atomic E-state index is 0.0751. The summed E-state index contributed by atoms with van der Waals surface area (Å²) in [5, 5.41) is 5.02. The fraction of sp³-hybridized carbons (Fsp3) is 0.600. The van der Waals surface area contributed by atoms with Crippen LogP contribution in [-0.2, 0) is 16.4 Å². The molecular weight excluding hydrogens is 286 g/mol. The number of nitrogens with two attached hydrogens (primary N) is 1. The van der Waals surface area contributed by atoms with Gasteiger partial charge in [0, 0.05) is 31.9 Å². The highest BCUT2D eigenvalue weighted by Gasteiger charge is 2.17. The number of rotatable bonds is 6. The maximum absolute atomic E-state index is 10.9. The van der Waals surface area contributed by atoms with Crippen LogP contribution in [0.15, 0.2) is 24.3 Å². The number of sulfonamides is 1. The van der Waals surface area contributed by atoms with E-state index in [4.69, 9.17) is 5.14 Å². The molecule has 0 unspecified atom stereocenters. The van der Waals surface area contributed by atoms with E-state index < -0.39 is 10.0 Å². The number of hydrogen-bond donors (Lipinski definition) is 1. The zero-order valence-corrected chi connectivity index (χ0v) is 13.5. The Morgan fingerprint density at radius 3 is 2.24 bits per heavy atom. The molecule has 1 heterocycles. The van der Waals surface area contributed by atoms with Crippen molar-refractivity contribution in [2.45, 2.75) is 19.8 Å². The van der Waals surface area contributed by atoms with Crippen molar-refractivity contribution in [2.24, 2.45) is 5.14 Å². The number of piperazine rings is 1. The summed E-state index contributed by atoms with van der Waals surface area (Å²) in [5.74, 6) is 0.0751. The Labute approximate surface area is 127 Å². The van der Waals surface area contributed by atoms with E-state index in [1.807, 2.05) is 0 Å². The van der Waals surface area contributed by atoms with Gasteiger partial charge < -0.3 is 4.90 Å². The van der Waals surface area contributed by atoms with E-state index >= 15 is 0 Å². The van der Waals surface area contributed by atoms with Crippen LogP contribution in [0.2, 0.25) is 0 Å². The van der Waals surface area contributed by atoms with Crippen LogP contribution in [0.25, 0.3) is 0 Å². The molecule has 6 heteroatoms. The Balaban J connectivity index is 1.77. The van der Waals surface area contributed by atoms with Crippen LogP contribution in [0.5, 0.6) is 0 Å². The van der Waals surface area contributed by atoms with Gasteiger partial charge in [0.2, 0.25) is 10.0 Å². The molecule has 2 N–H and O–H groups in total. The Bertz CT molecular complexity index is 535. The second-order valence-corrected chi connectivity index (χ2v) is 7.30. The van der Waals surface area contributed by atoms with Crippen LogP contribution in [0.4, 0.5) is 5.69 Å². The Morgan fingerprint density at radius 1 is 1.10 bits per heavy atom. The van der Waals surface area contributed by atoms with E-state index in [1.165, 1.54) is 11.3 Å². The molecule has 1 aliphatic rings. The average molecular weight is 311 g/mol. The van der Waals surface area contributed by atoms with Gasteiger partial charge in [0.05, 0.1) is 5.75 Å². The van der Waals surface area contributed by atoms with E-state index in [0.717, 1.165) is 39.1 Å². The number of anilines is 1. The quantitative estimate of drug-likeness (QED) is 0.853. The Kier molecular flexibility index (Phi) is 5.61. The van der Waals surface area contributed by atoms with Crippen LogP contribution in [-0.4, -0.2) is 51.8 Å². The van der Waals surface area contributed by atoms with Crippen LogP contribution in [0, 0.1) is 0 Å². The van der Waals surface area contributed by atoms with Crippen molar-refractivity contribution in [2.75, 3.05) is 43.4 Å². The summed E-state index contributed by atoms with van der Waals surface area (Å²) in [4.78, 5) is 4.69. The van der Waals surface area contributed by atoms with Gasteiger partial charge in [-0.25, -0.2) is 13.6 Å². The third-order valence-corrected chi connectivity index (χ3v) is 4.84. The minimum atomic E-state index is -3.32. The van der Waals surface area contributed by atoms with Crippen molar-refractivity contribution in [3.8, 4) is 0 Å². The fourth-order valence-corrected chi connectivity index (χ4v) is 3.19. The van der Waals surface area contributed by atoms with Crippen LogP contribution < -0.4 is 10.0 Å². The average Bonchev–Trinajstić information content (AvgIpc) is 2.47. The zero-order chi connectivity index (χ0) is 15.3. The molecule has 0 radical (unpaired) electrons. The largest absolute Gasteiger partial charge is 0.369 e. The third-order valence-electron chi connectivity index (χ3n) is 3.99. The van der Waals surface area contributed by atoms with Gasteiger partial charge >= 0.3 is 0 Å². The molecule has 1 aromatic carbocycles. The summed E-state index contributed by atoms with van der Waals surface area (Å²) >= 11 is 0. The molecule has 21 heavy (non-hydrogen) atoms. The van der Waals surface area contributed by atoms with E-state index in [0.29, 0.717) is 6.42 Å². The monoisotopic (exact) mass is 311 g/mol. The molecule has 1 saturated heterocycles. The normalized spacial score (nSPS) is 17.1. The Hall–Kier alpha value is -1.11. The predicted octanol–water partition coefficient (Wildman–Crippen LogP) is 1.05. The van der Waals surface area contributed by atoms with Gasteiger partial charge in [0.15, 0.2) is 0 Å². The van der Waals surface area contributed by atoms with Gasteiger partial charge in [-0.2, -0.15) is 0 Å². The molecule has 0 aromatic heterocycles. The molecule has 0 spiro atoms. The first-order valence-corrected chi connectivity index (χ1v) is 9.26. The van der Waals surface area contributed by atoms with E-state index in [2.05, 4.69) is 41.0 Å². The van der Waals surface area contributed by atoms with Crippen molar-refractivity contribution >= 4 is 15.7 Å². The lowest BCUT2D eigenvalue weighted by Crippen LogP contribution is -2.46. The highest BCUT2D eigenvalue weighted by Crippen LogP contribution is 2.17. The zero-order valence-electron chi connectivity index (χ0n) is 12.7. The van der Waals surface area contributed by atoms with E-state index in [9.17, 15) is 8.42 Å². The number of aryl methyl sites for hydroxylation is 1. The van der Waals surface area contributed by atoms with Gasteiger partial charge in [-0.1, -0.05) is 19.1 Å². The highest BCUT2D eigenvalue weighted by atomic mass is 32.2. The highest BCUT2D eigenvalue weighted by molar-refractivity contribution is 7.89. The van der Waals surface area contributed by atoms with Crippen LogP contribution in [0.1, 0.15) is 18.9 Å². The molecule has 1 fully saturated rings. The maximum Gasteiger partial charge on any atom is 0.209 e. The summed E-state index contributed by atoms with van der Waals surface area (Å²) in [7, 11) is -3.32. The molecule has 118 valence electrons. The molecule has 1 aliphatic heterocycles. The second-order valence-electron chi connectivity index (χ2n) is 5.57. The maximum atomic E-state index is 10.9. The summed E-state index contributed by atoms with van der Waals surface area (Å²) < 4.78 is 21.8. The predicted molar refractivity (Wildman–Crippen MR) is 87.1 cm³/mol. The van der Waals surface area contributed by atoms with Crippen LogP contribution in [0.3, 0.4) is 0 Å². The molecule has 5 nitrogen and oxygen atoms in total. The number of primary sulfonamides is 1. The number of hydrogen-bond acceptors (Lipinski definition) is 4. The second kappa shape index (κ2) is 7.24. The standard InChI is InChI=1S/C15H25N3O2S/c1-2-14-4-6-15(7-5-14)18-11-9-17(10-12-18)8-3-13-21(16,19)20/h4-7H,2-3,8-13H2,1H3,(H2,16,19,20). The van der Waals surface area contributed by atoms with E-state index in [1.54, 1.807) is 0 Å². The summed E-state index contributed by atoms with van der Waals surface area (Å²) in [6.45, 7) is 6.89. The smallest absolute Gasteiger partial charge is 0.209 e. The van der Waals surface area contributed by atoms with Crippen molar-refractivity contribution in [3.63, 3.8) is 0 Å². The fourth-order valence-electron chi connectivity index (χ4n) is 2.66. The van der Waals surface area contributed by atoms with Gasteiger partial charge in [0.1, 0.15) is 0 Å². The lowest BCUT2D eigenvalue weighted by molar-refractivity contribution is 0.259. The number of benzene rings is 1. The third kappa shape index (κ3) is 5.30. The topological polar surface area (TPSA) is 66.6 Å². The lowest BCUT2D eigenvalue weighted by atomic mass is 10.1. The molecule has 0 bridgehead atoms. The van der Waals surface area contributed by atoms with Gasteiger partial charge in [0.25, 0.3) is 0 Å². The molecular formula is C15H25N3O2S. The van der Waals surface area contributed by atoms with Crippen molar-refractivity contribution in [3.05, 3.63) is 29.8 Å². The van der Waals surface area contributed by atoms with Crippen LogP contribution >= 0.6 is 0 Å². The van der Waals surface area contributed by atoms with Gasteiger partial charge in [-0.15, -0.1) is 0 Å². The summed E-state index contributed by atoms with van der Waals surface area (Å²) in [6.07, 6.45) is 1.68. The van der Waals surface area contributed by atoms with Crippen molar-refractivity contribution in [1.29, 1.82) is 0 Å². The van der Waals surface area contributed by atoms with Gasteiger partial charge in [-0.05, 0) is 37.1 Å². The molecule has 0 saturated carbocycles. The summed E-state index contributed by atoms with van der Waals surface area (Å²) in [5.41, 5.74) is 2.64. The van der Waals surface area contributed by atoms with Gasteiger partial charge in [-0.3, -0.25) is 4.90 Å². The first kappa shape index (κ1) is 16.3. The van der Waals surface area contributed by atoms with E-state index in [-0.39, 0.29) is 5.75 Å². The first-order valence-electron chi connectivity index (χ1n) is 7.54. The molecule has 0 atom stereocenters. The van der Waals surface area contributed by atoms with Crippen molar-refractivity contribution < 1.29 is 8.42 Å². The first-order chi connectivity index (χ1) is 9.98. The lowest BCUT2D eigenvalue weighted by Gasteiger charge is -2.36. The Morgan fingerprint density at radius 2 is 1.71 bits per heavy atom. The minimum Gasteiger partial charge on any atom is -0.369 e. The molecule has 0 amide bonds. The molecule has 1 aromatic rings. The molecule has 2 rings (SSSR count). The summed E-state index contributed by atoms with van der Waals surface area (Å²) in [6, 6.07) is 8.76. The number of nitrogens with zero attached hydrogens (tertiary/aromatic N) is 2. The van der Waals surface area contributed by atoms with Crippen molar-refractivity contribution in [1.82, 2.24) is 4.90 Å².